The third kappa shape index (κ3) is 5.85. The Morgan fingerprint density at radius 2 is 1.79 bits per heavy atom. The van der Waals surface area contributed by atoms with Gasteiger partial charge in [-0.25, -0.2) is 9.59 Å². The maximum Gasteiger partial charge on any atom is 0.409 e. The van der Waals surface area contributed by atoms with Crippen molar-refractivity contribution in [2.75, 3.05) is 19.7 Å². The number of piperidine rings is 1. The van der Waals surface area contributed by atoms with Crippen molar-refractivity contribution in [1.82, 2.24) is 19.8 Å². The zero-order valence-electron chi connectivity index (χ0n) is 19.5. The van der Waals surface area contributed by atoms with Crippen LogP contribution in [0, 0.1) is 5.92 Å². The van der Waals surface area contributed by atoms with Gasteiger partial charge in [0.2, 0.25) is 0 Å². The molecule has 1 amide bonds. The molecule has 4 rings (SSSR count). The van der Waals surface area contributed by atoms with Crippen molar-refractivity contribution in [1.29, 1.82) is 0 Å². The first-order valence-electron chi connectivity index (χ1n) is 11.9. The van der Waals surface area contributed by atoms with Gasteiger partial charge in [0, 0.05) is 31.7 Å². The molecule has 1 aliphatic rings. The quantitative estimate of drug-likeness (QED) is 0.536. The average Bonchev–Trinajstić information content (AvgIpc) is 3.16. The third-order valence-electron chi connectivity index (χ3n) is 6.31. The Labute approximate surface area is 194 Å². The van der Waals surface area contributed by atoms with E-state index in [2.05, 4.69) is 36.3 Å². The fraction of sp³-hybridized carbons (Fsp3) is 0.462. The Balaban J connectivity index is 1.29. The molecule has 0 aliphatic carbocycles. The largest absolute Gasteiger partial charge is 0.448 e. The van der Waals surface area contributed by atoms with Crippen LogP contribution in [0.25, 0.3) is 11.0 Å². The molecule has 1 aliphatic heterocycles. The van der Waals surface area contributed by atoms with Gasteiger partial charge in [0.05, 0.1) is 11.0 Å². The minimum atomic E-state index is -0.269. The molecule has 33 heavy (non-hydrogen) atoms. The topological polar surface area (TPSA) is 79.4 Å². The van der Waals surface area contributed by atoms with E-state index in [0.29, 0.717) is 25.6 Å². The molecule has 0 spiro atoms. The summed E-state index contributed by atoms with van der Waals surface area (Å²) >= 11 is 0. The summed E-state index contributed by atoms with van der Waals surface area (Å²) in [5.41, 5.74) is 2.90. The Hall–Kier alpha value is -3.06. The molecule has 1 unspecified atom stereocenters. The van der Waals surface area contributed by atoms with Crippen LogP contribution in [0.4, 0.5) is 4.79 Å². The molecule has 1 fully saturated rings. The van der Waals surface area contributed by atoms with Crippen LogP contribution >= 0.6 is 0 Å². The number of carbonyl (C=O) groups excluding carboxylic acids is 1. The van der Waals surface area contributed by atoms with Crippen molar-refractivity contribution in [3.8, 4) is 0 Å². The highest BCUT2D eigenvalue weighted by Crippen LogP contribution is 2.25. The second-order valence-corrected chi connectivity index (χ2v) is 9.31. The van der Waals surface area contributed by atoms with Gasteiger partial charge in [-0.05, 0) is 42.9 Å². The van der Waals surface area contributed by atoms with Crippen LogP contribution in [-0.4, -0.2) is 46.3 Å². The molecule has 1 saturated heterocycles. The van der Waals surface area contributed by atoms with Crippen LogP contribution < -0.4 is 11.0 Å². The molecule has 0 bridgehead atoms. The minimum Gasteiger partial charge on any atom is -0.448 e. The highest BCUT2D eigenvalue weighted by Gasteiger charge is 2.27. The maximum atomic E-state index is 12.7. The van der Waals surface area contributed by atoms with Crippen molar-refractivity contribution in [3.05, 3.63) is 70.6 Å². The van der Waals surface area contributed by atoms with Crippen LogP contribution in [0.1, 0.15) is 44.7 Å². The van der Waals surface area contributed by atoms with E-state index in [4.69, 9.17) is 4.74 Å². The average molecular weight is 451 g/mol. The summed E-state index contributed by atoms with van der Waals surface area (Å²) in [6.07, 6.45) is 2.14. The van der Waals surface area contributed by atoms with E-state index in [1.807, 2.05) is 47.0 Å². The van der Waals surface area contributed by atoms with E-state index in [1.54, 1.807) is 4.90 Å². The number of aromatic nitrogens is 2. The predicted molar refractivity (Wildman–Crippen MR) is 130 cm³/mol. The number of benzene rings is 2. The number of aromatic amines is 1. The lowest BCUT2D eigenvalue weighted by atomic mass is 10.0. The van der Waals surface area contributed by atoms with Gasteiger partial charge in [-0.2, -0.15) is 0 Å². The number of nitrogens with zero attached hydrogens (tertiary/aromatic N) is 2. The van der Waals surface area contributed by atoms with Gasteiger partial charge in [-0.15, -0.1) is 0 Å². The first-order valence-corrected chi connectivity index (χ1v) is 11.9. The van der Waals surface area contributed by atoms with Gasteiger partial charge in [0.25, 0.3) is 0 Å². The number of fused-ring (bicyclic) bond motifs is 1. The van der Waals surface area contributed by atoms with Crippen molar-refractivity contribution in [2.24, 2.45) is 5.92 Å². The summed E-state index contributed by atoms with van der Waals surface area (Å²) in [6.45, 7) is 6.63. The van der Waals surface area contributed by atoms with Crippen LogP contribution in [0.3, 0.4) is 0 Å². The molecule has 0 radical (unpaired) electrons. The standard InChI is InChI=1S/C26H34N4O3/c1-19(2)16-21(27-17-20-8-4-3-5-9-20)18-33-26(32)29-14-12-22(13-15-29)30-24-11-7-6-10-23(24)28-25(30)31/h3-11,19,21-22,27H,12-18H2,1-2H3,(H,28,31). The Bertz CT molecular complexity index is 1100. The summed E-state index contributed by atoms with van der Waals surface area (Å²) in [5.74, 6) is 0.502. The minimum absolute atomic E-state index is 0.0823. The Morgan fingerprint density at radius 3 is 2.52 bits per heavy atom. The number of H-pyrrole nitrogens is 1. The molecule has 0 saturated carbocycles. The molecule has 2 N–H and O–H groups in total. The molecule has 7 heteroatoms. The van der Waals surface area contributed by atoms with Crippen molar-refractivity contribution < 1.29 is 9.53 Å². The number of nitrogens with one attached hydrogen (secondary N) is 2. The molecule has 176 valence electrons. The molecule has 1 atom stereocenters. The predicted octanol–water partition coefficient (Wildman–Crippen LogP) is 4.31. The molecule has 2 aromatic carbocycles. The summed E-state index contributed by atoms with van der Waals surface area (Å²) < 4.78 is 7.54. The van der Waals surface area contributed by atoms with Crippen molar-refractivity contribution in [3.63, 3.8) is 0 Å². The number of likely N-dealkylation sites (tertiary alicyclic amines) is 1. The summed E-state index contributed by atoms with van der Waals surface area (Å²) in [4.78, 5) is 29.9. The van der Waals surface area contributed by atoms with Gasteiger partial charge in [0.15, 0.2) is 0 Å². The number of hydrogen-bond donors (Lipinski definition) is 2. The smallest absolute Gasteiger partial charge is 0.409 e. The highest BCUT2D eigenvalue weighted by atomic mass is 16.6. The van der Waals surface area contributed by atoms with Crippen LogP contribution in [0.15, 0.2) is 59.4 Å². The number of hydrogen-bond acceptors (Lipinski definition) is 4. The normalized spacial score (nSPS) is 15.8. The molecule has 3 aromatic rings. The number of ether oxygens (including phenoxy) is 1. The van der Waals surface area contributed by atoms with Crippen LogP contribution in [-0.2, 0) is 11.3 Å². The second-order valence-electron chi connectivity index (χ2n) is 9.31. The number of imidazole rings is 1. The van der Waals surface area contributed by atoms with Crippen LogP contribution in [0.5, 0.6) is 0 Å². The van der Waals surface area contributed by atoms with E-state index >= 15 is 0 Å². The van der Waals surface area contributed by atoms with E-state index < -0.39 is 0 Å². The zero-order valence-corrected chi connectivity index (χ0v) is 19.5. The molecule has 2 heterocycles. The van der Waals surface area contributed by atoms with Gasteiger partial charge in [-0.3, -0.25) is 4.57 Å². The summed E-state index contributed by atoms with van der Waals surface area (Å²) in [6, 6.07) is 18.2. The number of para-hydroxylation sites is 2. The zero-order chi connectivity index (χ0) is 23.2. The number of amides is 1. The monoisotopic (exact) mass is 450 g/mol. The van der Waals surface area contributed by atoms with Gasteiger partial charge in [-0.1, -0.05) is 56.3 Å². The maximum absolute atomic E-state index is 12.7. The molecule has 1 aromatic heterocycles. The Kier molecular flexibility index (Phi) is 7.50. The second kappa shape index (κ2) is 10.7. The van der Waals surface area contributed by atoms with Gasteiger partial charge < -0.3 is 19.9 Å². The number of carbonyl (C=O) groups is 1. The molecular formula is C26H34N4O3. The van der Waals surface area contributed by atoms with E-state index in [9.17, 15) is 9.59 Å². The van der Waals surface area contributed by atoms with Crippen molar-refractivity contribution in [2.45, 2.75) is 51.7 Å². The summed E-state index contributed by atoms with van der Waals surface area (Å²) in [7, 11) is 0. The van der Waals surface area contributed by atoms with Gasteiger partial charge >= 0.3 is 11.8 Å². The van der Waals surface area contributed by atoms with Crippen molar-refractivity contribution >= 4 is 17.1 Å². The molecular weight excluding hydrogens is 416 g/mol. The Morgan fingerprint density at radius 1 is 1.09 bits per heavy atom. The fourth-order valence-electron chi connectivity index (χ4n) is 4.64. The lowest BCUT2D eigenvalue weighted by Gasteiger charge is -2.32. The van der Waals surface area contributed by atoms with E-state index in [-0.39, 0.29) is 23.9 Å². The number of rotatable bonds is 8. The summed E-state index contributed by atoms with van der Waals surface area (Å²) in [5, 5.41) is 3.54. The van der Waals surface area contributed by atoms with E-state index in [1.165, 1.54) is 5.56 Å². The SMILES string of the molecule is CC(C)CC(COC(=O)N1CCC(n2c(=O)[nH]c3ccccc32)CC1)NCc1ccccc1. The molecule has 7 nitrogen and oxygen atoms in total. The highest BCUT2D eigenvalue weighted by molar-refractivity contribution is 5.75. The van der Waals surface area contributed by atoms with Crippen LogP contribution in [0.2, 0.25) is 0 Å². The third-order valence-corrected chi connectivity index (χ3v) is 6.31. The first kappa shape index (κ1) is 23.1. The van der Waals surface area contributed by atoms with Gasteiger partial charge in [0.1, 0.15) is 6.61 Å². The lowest BCUT2D eigenvalue weighted by molar-refractivity contribution is 0.0781. The lowest BCUT2D eigenvalue weighted by Crippen LogP contribution is -2.42. The fourth-order valence-corrected chi connectivity index (χ4v) is 4.64. The van der Waals surface area contributed by atoms with E-state index in [0.717, 1.165) is 36.8 Å². The first-order chi connectivity index (χ1) is 16.0.